The molecular formula is C20H23Cl2FN4O2. The third-order valence-corrected chi connectivity index (χ3v) is 4.56. The minimum Gasteiger partial charge on any atom is -0.336 e. The molecule has 2 aromatic carbocycles. The van der Waals surface area contributed by atoms with Gasteiger partial charge in [0.2, 0.25) is 0 Å². The van der Waals surface area contributed by atoms with E-state index < -0.39 is 17.9 Å². The Morgan fingerprint density at radius 2 is 1.62 bits per heavy atom. The number of halogens is 3. The Bertz CT molecular complexity index is 876. The van der Waals surface area contributed by atoms with Gasteiger partial charge in [0, 0.05) is 23.3 Å². The summed E-state index contributed by atoms with van der Waals surface area (Å²) in [6.07, 6.45) is 0. The Hall–Kier alpha value is -2.51. The van der Waals surface area contributed by atoms with Gasteiger partial charge >= 0.3 is 12.1 Å². The number of hydrogen-bond acceptors (Lipinski definition) is 2. The zero-order valence-electron chi connectivity index (χ0n) is 16.3. The number of amides is 4. The molecule has 0 heterocycles. The highest BCUT2D eigenvalue weighted by Gasteiger charge is 2.15. The van der Waals surface area contributed by atoms with Crippen molar-refractivity contribution in [3.63, 3.8) is 0 Å². The average Bonchev–Trinajstić information content (AvgIpc) is 2.63. The van der Waals surface area contributed by atoms with Crippen LogP contribution in [0.5, 0.6) is 0 Å². The van der Waals surface area contributed by atoms with E-state index in [1.807, 2.05) is 13.8 Å². The molecule has 0 aliphatic rings. The van der Waals surface area contributed by atoms with Gasteiger partial charge in [-0.1, -0.05) is 35.3 Å². The highest BCUT2D eigenvalue weighted by molar-refractivity contribution is 6.35. The molecule has 4 N–H and O–H groups in total. The predicted octanol–water partition coefficient (Wildman–Crippen LogP) is 5.22. The van der Waals surface area contributed by atoms with Gasteiger partial charge in [-0.2, -0.15) is 0 Å². The number of benzene rings is 2. The van der Waals surface area contributed by atoms with E-state index in [2.05, 4.69) is 21.3 Å². The summed E-state index contributed by atoms with van der Waals surface area (Å²) in [4.78, 5) is 23.8. The Labute approximate surface area is 179 Å². The molecule has 0 fully saturated rings. The van der Waals surface area contributed by atoms with Crippen LogP contribution in [-0.2, 0) is 6.54 Å². The third kappa shape index (κ3) is 7.11. The van der Waals surface area contributed by atoms with Crippen molar-refractivity contribution in [3.05, 3.63) is 63.4 Å². The van der Waals surface area contributed by atoms with Crippen molar-refractivity contribution >= 4 is 41.0 Å². The summed E-state index contributed by atoms with van der Waals surface area (Å²) >= 11 is 11.8. The van der Waals surface area contributed by atoms with Crippen LogP contribution in [0.2, 0.25) is 10.0 Å². The summed E-state index contributed by atoms with van der Waals surface area (Å²) in [7, 11) is 0. The molecule has 156 valence electrons. The van der Waals surface area contributed by atoms with E-state index in [1.165, 1.54) is 12.1 Å². The second-order valence-corrected chi connectivity index (χ2v) is 7.60. The molecule has 4 amide bonds. The lowest BCUT2D eigenvalue weighted by atomic mass is 10.1. The predicted molar refractivity (Wildman–Crippen MR) is 114 cm³/mol. The number of anilines is 1. The molecule has 0 spiro atoms. The molecule has 2 aromatic rings. The lowest BCUT2D eigenvalue weighted by Gasteiger charge is -2.17. The zero-order valence-corrected chi connectivity index (χ0v) is 17.8. The topological polar surface area (TPSA) is 82.3 Å². The smallest absolute Gasteiger partial charge is 0.319 e. The fourth-order valence-corrected chi connectivity index (χ4v) is 3.06. The quantitative estimate of drug-likeness (QED) is 0.464. The summed E-state index contributed by atoms with van der Waals surface area (Å²) < 4.78 is 13.7. The van der Waals surface area contributed by atoms with Crippen LogP contribution >= 0.6 is 23.2 Å². The third-order valence-electron chi connectivity index (χ3n) is 3.94. The van der Waals surface area contributed by atoms with E-state index >= 15 is 0 Å². The lowest BCUT2D eigenvalue weighted by molar-refractivity contribution is 0.237. The molecule has 0 aliphatic carbocycles. The number of carbonyl (C=O) groups excluding carboxylic acids is 2. The fourth-order valence-electron chi connectivity index (χ4n) is 2.51. The Morgan fingerprint density at radius 3 is 2.24 bits per heavy atom. The second-order valence-electron chi connectivity index (χ2n) is 6.79. The molecular weight excluding hydrogens is 418 g/mol. The van der Waals surface area contributed by atoms with Gasteiger partial charge in [-0.3, -0.25) is 0 Å². The average molecular weight is 441 g/mol. The van der Waals surface area contributed by atoms with Crippen LogP contribution < -0.4 is 21.3 Å². The molecule has 2 rings (SSSR count). The van der Waals surface area contributed by atoms with E-state index in [0.717, 1.165) is 5.56 Å². The molecule has 0 bridgehead atoms. The van der Waals surface area contributed by atoms with Gasteiger partial charge < -0.3 is 21.3 Å². The lowest BCUT2D eigenvalue weighted by Crippen LogP contribution is -2.36. The van der Waals surface area contributed by atoms with Crippen LogP contribution in [0.4, 0.5) is 19.7 Å². The molecule has 0 aromatic heterocycles. The number of urea groups is 2. The van der Waals surface area contributed by atoms with E-state index in [9.17, 15) is 14.0 Å². The first-order chi connectivity index (χ1) is 13.7. The van der Waals surface area contributed by atoms with Gasteiger partial charge in [0.25, 0.3) is 0 Å². The van der Waals surface area contributed by atoms with Gasteiger partial charge in [0.15, 0.2) is 0 Å². The second kappa shape index (κ2) is 10.3. The van der Waals surface area contributed by atoms with Gasteiger partial charge in [-0.05, 0) is 56.2 Å². The molecule has 29 heavy (non-hydrogen) atoms. The van der Waals surface area contributed by atoms with E-state index in [-0.39, 0.29) is 28.7 Å². The van der Waals surface area contributed by atoms with Crippen LogP contribution in [0.1, 0.15) is 37.9 Å². The number of carbonyl (C=O) groups is 2. The van der Waals surface area contributed by atoms with E-state index in [4.69, 9.17) is 23.2 Å². The van der Waals surface area contributed by atoms with Crippen LogP contribution in [0, 0.1) is 5.82 Å². The van der Waals surface area contributed by atoms with Gasteiger partial charge in [-0.15, -0.1) is 0 Å². The highest BCUT2D eigenvalue weighted by Crippen LogP contribution is 2.28. The molecule has 9 heteroatoms. The van der Waals surface area contributed by atoms with Crippen molar-refractivity contribution in [2.24, 2.45) is 0 Å². The maximum Gasteiger partial charge on any atom is 0.319 e. The number of hydrogen-bond donors (Lipinski definition) is 4. The minimum atomic E-state index is -0.601. The van der Waals surface area contributed by atoms with Crippen LogP contribution in [-0.4, -0.2) is 18.1 Å². The van der Waals surface area contributed by atoms with Gasteiger partial charge in [-0.25, -0.2) is 14.0 Å². The van der Waals surface area contributed by atoms with Gasteiger partial charge in [0.1, 0.15) is 5.82 Å². The molecule has 0 aliphatic heterocycles. The van der Waals surface area contributed by atoms with Crippen molar-refractivity contribution in [2.45, 2.75) is 39.4 Å². The Kier molecular flexibility index (Phi) is 8.10. The molecule has 0 saturated carbocycles. The Morgan fingerprint density at radius 1 is 0.966 bits per heavy atom. The summed E-state index contributed by atoms with van der Waals surface area (Å²) in [5.74, 6) is -0.601. The van der Waals surface area contributed by atoms with Gasteiger partial charge in [0.05, 0.1) is 11.1 Å². The monoisotopic (exact) mass is 440 g/mol. The summed E-state index contributed by atoms with van der Waals surface area (Å²) in [6, 6.07) is 8.40. The highest BCUT2D eigenvalue weighted by atomic mass is 35.5. The van der Waals surface area contributed by atoms with Crippen molar-refractivity contribution in [2.75, 3.05) is 5.32 Å². The summed E-state index contributed by atoms with van der Waals surface area (Å²) in [5, 5.41) is 11.1. The number of rotatable bonds is 6. The van der Waals surface area contributed by atoms with Crippen molar-refractivity contribution in [1.82, 2.24) is 16.0 Å². The molecule has 1 atom stereocenters. The maximum absolute atomic E-state index is 13.7. The van der Waals surface area contributed by atoms with Crippen LogP contribution in [0.15, 0.2) is 36.4 Å². The Balaban J connectivity index is 1.86. The first-order valence-corrected chi connectivity index (χ1v) is 9.76. The molecule has 1 unspecified atom stereocenters. The molecule has 0 saturated heterocycles. The fraction of sp³-hybridized carbons (Fsp3) is 0.300. The summed E-state index contributed by atoms with van der Waals surface area (Å²) in [6.45, 7) is 5.71. The molecule has 0 radical (unpaired) electrons. The van der Waals surface area contributed by atoms with Crippen molar-refractivity contribution in [3.8, 4) is 0 Å². The normalized spacial score (nSPS) is 11.7. The molecule has 6 nitrogen and oxygen atoms in total. The van der Waals surface area contributed by atoms with E-state index in [1.54, 1.807) is 31.2 Å². The zero-order chi connectivity index (χ0) is 21.6. The summed E-state index contributed by atoms with van der Waals surface area (Å²) in [5.41, 5.74) is 1.92. The van der Waals surface area contributed by atoms with Crippen LogP contribution in [0.3, 0.4) is 0 Å². The first kappa shape index (κ1) is 22.8. The largest absolute Gasteiger partial charge is 0.336 e. The SMILES string of the molecule is CC(C)NC(=O)Nc1ccc(CNC(=O)NC(C)c2cc(F)c(Cl)cc2Cl)cc1. The van der Waals surface area contributed by atoms with Crippen molar-refractivity contribution < 1.29 is 14.0 Å². The standard InChI is InChI=1S/C20H23Cl2FN4O2/c1-11(2)25-20(29)27-14-6-4-13(5-7-14)10-24-19(28)26-12(3)15-8-18(23)17(22)9-16(15)21/h4-9,11-12H,10H2,1-3H3,(H2,24,26,28)(H2,25,27,29). The van der Waals surface area contributed by atoms with Crippen molar-refractivity contribution in [1.29, 1.82) is 0 Å². The minimum absolute atomic E-state index is 0.0404. The number of nitrogens with one attached hydrogen (secondary N) is 4. The van der Waals surface area contributed by atoms with E-state index in [0.29, 0.717) is 11.3 Å². The maximum atomic E-state index is 13.7. The van der Waals surface area contributed by atoms with Crippen LogP contribution in [0.25, 0.3) is 0 Å². The first-order valence-electron chi connectivity index (χ1n) is 9.01.